The van der Waals surface area contributed by atoms with Gasteiger partial charge in [-0.25, -0.2) is 0 Å². The molecule has 0 radical (unpaired) electrons. The van der Waals surface area contributed by atoms with E-state index in [0.29, 0.717) is 0 Å². The second-order valence-electron chi connectivity index (χ2n) is 8.10. The number of hydrogen-bond donors (Lipinski definition) is 0. The van der Waals surface area contributed by atoms with Crippen LogP contribution in [-0.4, -0.2) is 63.4 Å². The Morgan fingerprint density at radius 2 is 1.73 bits per heavy atom. The van der Waals surface area contributed by atoms with E-state index in [-0.39, 0.29) is 0 Å². The molecule has 1 aliphatic heterocycles. The van der Waals surface area contributed by atoms with Crippen molar-refractivity contribution in [1.82, 2.24) is 9.80 Å². The van der Waals surface area contributed by atoms with Gasteiger partial charge in [-0.3, -0.25) is 9.80 Å². The molecular formula is C26H36N2O2. The lowest BCUT2D eigenvalue weighted by molar-refractivity contribution is 0.116. The van der Waals surface area contributed by atoms with Crippen LogP contribution < -0.4 is 4.74 Å². The maximum absolute atomic E-state index is 5.52. The van der Waals surface area contributed by atoms with Gasteiger partial charge < -0.3 is 9.47 Å². The predicted octanol–water partition coefficient (Wildman–Crippen LogP) is 4.57. The fourth-order valence-electron chi connectivity index (χ4n) is 4.15. The summed E-state index contributed by atoms with van der Waals surface area (Å²) in [6, 6.07) is 18.9. The van der Waals surface area contributed by atoms with Gasteiger partial charge in [0.05, 0.1) is 13.7 Å². The molecule has 0 atom stereocenters. The monoisotopic (exact) mass is 408 g/mol. The summed E-state index contributed by atoms with van der Waals surface area (Å²) < 4.78 is 10.9. The summed E-state index contributed by atoms with van der Waals surface area (Å²) in [5.74, 6) is 1.75. The molecule has 0 bridgehead atoms. The molecule has 1 aliphatic rings. The SMILES string of the molecule is COCCN(C/C=C/c1ccccc1)CC1CCN(Cc2ccccc2OC)CC1. The van der Waals surface area contributed by atoms with Gasteiger partial charge in [0, 0.05) is 38.9 Å². The number of hydrogen-bond acceptors (Lipinski definition) is 4. The molecule has 2 aromatic rings. The van der Waals surface area contributed by atoms with Crippen molar-refractivity contribution >= 4 is 6.08 Å². The number of nitrogens with zero attached hydrogens (tertiary/aromatic N) is 2. The lowest BCUT2D eigenvalue weighted by atomic mass is 9.95. The molecule has 0 spiro atoms. The van der Waals surface area contributed by atoms with E-state index in [1.165, 1.54) is 24.0 Å². The average Bonchev–Trinajstić information content (AvgIpc) is 2.79. The Balaban J connectivity index is 1.47. The molecule has 0 amide bonds. The van der Waals surface area contributed by atoms with Crippen LogP contribution in [0.5, 0.6) is 5.75 Å². The highest BCUT2D eigenvalue weighted by atomic mass is 16.5. The van der Waals surface area contributed by atoms with Crippen LogP contribution in [-0.2, 0) is 11.3 Å². The molecule has 1 heterocycles. The van der Waals surface area contributed by atoms with Crippen LogP contribution in [0.3, 0.4) is 0 Å². The third-order valence-electron chi connectivity index (χ3n) is 5.90. The minimum absolute atomic E-state index is 0.751. The Morgan fingerprint density at radius 3 is 2.47 bits per heavy atom. The summed E-state index contributed by atoms with van der Waals surface area (Å²) in [6.07, 6.45) is 7.00. The Bertz CT molecular complexity index is 755. The molecular weight excluding hydrogens is 372 g/mol. The van der Waals surface area contributed by atoms with Gasteiger partial charge in [0.2, 0.25) is 0 Å². The Morgan fingerprint density at radius 1 is 1.00 bits per heavy atom. The summed E-state index contributed by atoms with van der Waals surface area (Å²) in [4.78, 5) is 5.09. The van der Waals surface area contributed by atoms with Crippen LogP contribution in [0, 0.1) is 5.92 Å². The van der Waals surface area contributed by atoms with Crippen molar-refractivity contribution in [1.29, 1.82) is 0 Å². The highest BCUT2D eigenvalue weighted by Gasteiger charge is 2.21. The van der Waals surface area contributed by atoms with E-state index in [0.717, 1.165) is 57.5 Å². The van der Waals surface area contributed by atoms with E-state index in [4.69, 9.17) is 9.47 Å². The van der Waals surface area contributed by atoms with E-state index in [1.54, 1.807) is 14.2 Å². The minimum Gasteiger partial charge on any atom is -0.496 e. The maximum Gasteiger partial charge on any atom is 0.123 e. The zero-order valence-electron chi connectivity index (χ0n) is 18.5. The molecule has 4 nitrogen and oxygen atoms in total. The van der Waals surface area contributed by atoms with E-state index < -0.39 is 0 Å². The van der Waals surface area contributed by atoms with Crippen molar-refractivity contribution in [3.8, 4) is 5.75 Å². The molecule has 162 valence electrons. The molecule has 30 heavy (non-hydrogen) atoms. The van der Waals surface area contributed by atoms with Gasteiger partial charge in [0.15, 0.2) is 0 Å². The van der Waals surface area contributed by atoms with Crippen molar-refractivity contribution in [2.45, 2.75) is 19.4 Å². The average molecular weight is 409 g/mol. The first-order valence-corrected chi connectivity index (χ1v) is 11.1. The maximum atomic E-state index is 5.52. The Kier molecular flexibility index (Phi) is 9.42. The number of ether oxygens (including phenoxy) is 2. The molecule has 1 fully saturated rings. The standard InChI is InChI=1S/C26H36N2O2/c1-29-20-19-27(16-8-11-23-9-4-3-5-10-23)21-24-14-17-28(18-15-24)22-25-12-6-7-13-26(25)30-2/h3-13,24H,14-22H2,1-2H3/b11-8+. The minimum atomic E-state index is 0.751. The van der Waals surface area contributed by atoms with Gasteiger partial charge in [-0.1, -0.05) is 60.7 Å². The number of methoxy groups -OCH3 is 2. The van der Waals surface area contributed by atoms with Gasteiger partial charge in [-0.15, -0.1) is 0 Å². The summed E-state index contributed by atoms with van der Waals surface area (Å²) >= 11 is 0. The van der Waals surface area contributed by atoms with Crippen LogP contribution in [0.25, 0.3) is 6.08 Å². The first-order valence-electron chi connectivity index (χ1n) is 11.1. The fourth-order valence-corrected chi connectivity index (χ4v) is 4.15. The van der Waals surface area contributed by atoms with Crippen molar-refractivity contribution in [2.24, 2.45) is 5.92 Å². The third-order valence-corrected chi connectivity index (χ3v) is 5.90. The molecule has 1 saturated heterocycles. The van der Waals surface area contributed by atoms with E-state index >= 15 is 0 Å². The number of para-hydroxylation sites is 1. The second kappa shape index (κ2) is 12.5. The lowest BCUT2D eigenvalue weighted by Gasteiger charge is -2.34. The van der Waals surface area contributed by atoms with Crippen molar-refractivity contribution in [3.05, 3.63) is 71.8 Å². The largest absolute Gasteiger partial charge is 0.496 e. The molecule has 0 aliphatic carbocycles. The van der Waals surface area contributed by atoms with Gasteiger partial charge >= 0.3 is 0 Å². The van der Waals surface area contributed by atoms with Crippen LogP contribution in [0.15, 0.2) is 60.7 Å². The zero-order valence-corrected chi connectivity index (χ0v) is 18.5. The normalized spacial score (nSPS) is 15.8. The van der Waals surface area contributed by atoms with Gasteiger partial charge in [0.25, 0.3) is 0 Å². The van der Waals surface area contributed by atoms with E-state index in [1.807, 2.05) is 6.07 Å². The molecule has 0 saturated carbocycles. The first-order chi connectivity index (χ1) is 14.8. The van der Waals surface area contributed by atoms with E-state index in [2.05, 4.69) is 70.5 Å². The van der Waals surface area contributed by atoms with Gasteiger partial charge in [-0.05, 0) is 43.5 Å². The van der Waals surface area contributed by atoms with Crippen molar-refractivity contribution in [3.63, 3.8) is 0 Å². The molecule has 3 rings (SSSR count). The summed E-state index contributed by atoms with van der Waals surface area (Å²) in [7, 11) is 3.54. The number of rotatable bonds is 11. The first kappa shape index (κ1) is 22.5. The van der Waals surface area contributed by atoms with Crippen LogP contribution >= 0.6 is 0 Å². The van der Waals surface area contributed by atoms with Crippen LogP contribution in [0.4, 0.5) is 0 Å². The summed E-state index contributed by atoms with van der Waals surface area (Å²) in [5.41, 5.74) is 2.54. The number of likely N-dealkylation sites (tertiary alicyclic amines) is 1. The highest BCUT2D eigenvalue weighted by molar-refractivity contribution is 5.48. The topological polar surface area (TPSA) is 24.9 Å². The summed E-state index contributed by atoms with van der Waals surface area (Å²) in [5, 5.41) is 0. The van der Waals surface area contributed by atoms with Crippen molar-refractivity contribution < 1.29 is 9.47 Å². The Hall–Kier alpha value is -2.14. The molecule has 0 N–H and O–H groups in total. The summed E-state index contributed by atoms with van der Waals surface area (Å²) in [6.45, 7) is 7.17. The molecule has 0 unspecified atom stereocenters. The lowest BCUT2D eigenvalue weighted by Crippen LogP contribution is -2.39. The fraction of sp³-hybridized carbons (Fsp3) is 0.462. The predicted molar refractivity (Wildman–Crippen MR) is 125 cm³/mol. The third kappa shape index (κ3) is 7.28. The van der Waals surface area contributed by atoms with Gasteiger partial charge in [-0.2, -0.15) is 0 Å². The Labute approximate surface area is 182 Å². The van der Waals surface area contributed by atoms with Crippen LogP contribution in [0.1, 0.15) is 24.0 Å². The second-order valence-corrected chi connectivity index (χ2v) is 8.10. The zero-order chi connectivity index (χ0) is 21.0. The molecule has 4 heteroatoms. The molecule has 2 aromatic carbocycles. The number of benzene rings is 2. The van der Waals surface area contributed by atoms with Crippen LogP contribution in [0.2, 0.25) is 0 Å². The number of piperidine rings is 1. The highest BCUT2D eigenvalue weighted by Crippen LogP contribution is 2.24. The van der Waals surface area contributed by atoms with Crippen molar-refractivity contribution in [2.75, 3.05) is 53.6 Å². The smallest absolute Gasteiger partial charge is 0.123 e. The van der Waals surface area contributed by atoms with Gasteiger partial charge in [0.1, 0.15) is 5.75 Å². The molecule has 0 aromatic heterocycles. The quantitative estimate of drug-likeness (QED) is 0.544. The van der Waals surface area contributed by atoms with E-state index in [9.17, 15) is 0 Å².